The molecule has 0 aromatic heterocycles. The molecule has 2 N–H and O–H groups in total. The van der Waals surface area contributed by atoms with Crippen molar-refractivity contribution in [3.05, 3.63) is 57.6 Å². The fraction of sp³-hybridized carbons (Fsp3) is 0.333. The molecule has 11 heteroatoms. The van der Waals surface area contributed by atoms with Crippen LogP contribution in [-0.2, 0) is 10.0 Å². The number of halogens is 1. The van der Waals surface area contributed by atoms with Crippen molar-refractivity contribution in [2.75, 3.05) is 49.0 Å². The number of aliphatic hydroxyl groups is 1. The van der Waals surface area contributed by atoms with Crippen LogP contribution in [0, 0.1) is 10.1 Å². The van der Waals surface area contributed by atoms with Gasteiger partial charge in [0.05, 0.1) is 27.1 Å². The lowest BCUT2D eigenvalue weighted by Crippen LogP contribution is -2.47. The molecule has 1 aliphatic rings. The minimum Gasteiger partial charge on any atom is -0.395 e. The number of hydrogen-bond acceptors (Lipinski definition) is 7. The second-order valence-corrected chi connectivity index (χ2v) is 8.63. The second kappa shape index (κ2) is 8.95. The number of nitro benzene ring substituents is 1. The predicted molar refractivity (Wildman–Crippen MR) is 111 cm³/mol. The molecular formula is C18H21ClN4O5S. The zero-order valence-corrected chi connectivity index (χ0v) is 17.1. The maximum Gasteiger partial charge on any atom is 0.293 e. The van der Waals surface area contributed by atoms with Gasteiger partial charge in [-0.25, -0.2) is 8.42 Å². The summed E-state index contributed by atoms with van der Waals surface area (Å²) < 4.78 is 27.8. The van der Waals surface area contributed by atoms with Crippen LogP contribution in [0.15, 0.2) is 47.4 Å². The van der Waals surface area contributed by atoms with Crippen molar-refractivity contribution in [3.63, 3.8) is 0 Å². The molecule has 0 spiro atoms. The molecule has 2 aromatic carbocycles. The molecule has 2 aromatic rings. The lowest BCUT2D eigenvalue weighted by molar-refractivity contribution is -0.384. The minimum atomic E-state index is -4.05. The van der Waals surface area contributed by atoms with E-state index in [2.05, 4.69) is 9.62 Å². The first-order valence-electron chi connectivity index (χ1n) is 8.96. The quantitative estimate of drug-likeness (QED) is 0.500. The van der Waals surface area contributed by atoms with Gasteiger partial charge in [0, 0.05) is 38.8 Å². The first-order chi connectivity index (χ1) is 13.8. The van der Waals surface area contributed by atoms with E-state index in [1.807, 2.05) is 4.90 Å². The van der Waals surface area contributed by atoms with Gasteiger partial charge in [0.1, 0.15) is 5.69 Å². The summed E-state index contributed by atoms with van der Waals surface area (Å²) in [6.45, 7) is 3.03. The number of piperazine rings is 1. The number of anilines is 2. The van der Waals surface area contributed by atoms with E-state index in [4.69, 9.17) is 16.7 Å². The summed E-state index contributed by atoms with van der Waals surface area (Å²) in [7, 11) is -4.05. The first-order valence-corrected chi connectivity index (χ1v) is 10.8. The van der Waals surface area contributed by atoms with Crippen LogP contribution in [0.1, 0.15) is 0 Å². The fourth-order valence-electron chi connectivity index (χ4n) is 3.19. The molecule has 1 aliphatic heterocycles. The normalized spacial score (nSPS) is 15.3. The number of β-amino-alcohol motifs (C(OH)–C–C–N with tert-alkyl or cyclic N) is 1. The van der Waals surface area contributed by atoms with E-state index in [-0.39, 0.29) is 27.9 Å². The molecule has 0 amide bonds. The maximum atomic E-state index is 12.7. The predicted octanol–water partition coefficient (Wildman–Crippen LogP) is 2.16. The highest BCUT2D eigenvalue weighted by molar-refractivity contribution is 7.92. The Balaban J connectivity index is 1.86. The van der Waals surface area contributed by atoms with Crippen LogP contribution in [0.25, 0.3) is 0 Å². The van der Waals surface area contributed by atoms with Crippen LogP contribution >= 0.6 is 11.6 Å². The SMILES string of the molecule is O=[N+]([O-])c1cc(S(=O)(=O)Nc2ccccc2Cl)ccc1N1CCN(CCO)CC1. The number of nitrogens with one attached hydrogen (secondary N) is 1. The summed E-state index contributed by atoms with van der Waals surface area (Å²) in [4.78, 5) is 14.7. The van der Waals surface area contributed by atoms with E-state index in [9.17, 15) is 18.5 Å². The lowest BCUT2D eigenvalue weighted by atomic mass is 10.2. The van der Waals surface area contributed by atoms with Crippen molar-refractivity contribution in [1.29, 1.82) is 0 Å². The van der Waals surface area contributed by atoms with Gasteiger partial charge in [-0.3, -0.25) is 19.7 Å². The number of para-hydroxylation sites is 1. The van der Waals surface area contributed by atoms with Gasteiger partial charge in [-0.2, -0.15) is 0 Å². The number of benzene rings is 2. The van der Waals surface area contributed by atoms with Gasteiger partial charge in [-0.1, -0.05) is 23.7 Å². The van der Waals surface area contributed by atoms with Crippen LogP contribution in [0.2, 0.25) is 5.02 Å². The van der Waals surface area contributed by atoms with Gasteiger partial charge < -0.3 is 10.0 Å². The molecule has 156 valence electrons. The fourth-order valence-corrected chi connectivity index (χ4v) is 4.52. The smallest absolute Gasteiger partial charge is 0.293 e. The number of nitrogens with zero attached hydrogens (tertiary/aromatic N) is 3. The minimum absolute atomic E-state index is 0.0606. The Morgan fingerprint density at radius 3 is 2.45 bits per heavy atom. The highest BCUT2D eigenvalue weighted by Crippen LogP contribution is 2.32. The third kappa shape index (κ3) is 4.96. The van der Waals surface area contributed by atoms with Crippen molar-refractivity contribution < 1.29 is 18.4 Å². The van der Waals surface area contributed by atoms with Crippen LogP contribution in [0.3, 0.4) is 0 Å². The molecule has 1 fully saturated rings. The van der Waals surface area contributed by atoms with Gasteiger partial charge in [0.2, 0.25) is 0 Å². The van der Waals surface area contributed by atoms with E-state index in [0.29, 0.717) is 38.4 Å². The Morgan fingerprint density at radius 2 is 1.83 bits per heavy atom. The van der Waals surface area contributed by atoms with E-state index in [1.165, 1.54) is 18.2 Å². The van der Waals surface area contributed by atoms with Gasteiger partial charge in [-0.05, 0) is 24.3 Å². The van der Waals surface area contributed by atoms with E-state index >= 15 is 0 Å². The third-order valence-electron chi connectivity index (χ3n) is 4.70. The molecule has 0 radical (unpaired) electrons. The van der Waals surface area contributed by atoms with Crippen molar-refractivity contribution in [1.82, 2.24) is 4.90 Å². The summed E-state index contributed by atoms with van der Waals surface area (Å²) in [6.07, 6.45) is 0. The van der Waals surface area contributed by atoms with Crippen molar-refractivity contribution >= 4 is 38.7 Å². The molecule has 0 atom stereocenters. The van der Waals surface area contributed by atoms with Gasteiger partial charge in [0.15, 0.2) is 0 Å². The Labute approximate surface area is 173 Å². The second-order valence-electron chi connectivity index (χ2n) is 6.55. The summed E-state index contributed by atoms with van der Waals surface area (Å²) in [5, 5.41) is 20.9. The Hall–Kier alpha value is -2.40. The van der Waals surface area contributed by atoms with Crippen molar-refractivity contribution in [2.24, 2.45) is 0 Å². The lowest BCUT2D eigenvalue weighted by Gasteiger charge is -2.35. The van der Waals surface area contributed by atoms with Gasteiger partial charge in [-0.15, -0.1) is 0 Å². The molecule has 0 saturated carbocycles. The average Bonchev–Trinajstić information content (AvgIpc) is 2.70. The van der Waals surface area contributed by atoms with Crippen LogP contribution in [0.5, 0.6) is 0 Å². The highest BCUT2D eigenvalue weighted by atomic mass is 35.5. The molecule has 0 unspecified atom stereocenters. The molecule has 9 nitrogen and oxygen atoms in total. The zero-order valence-electron chi connectivity index (χ0n) is 15.5. The summed E-state index contributed by atoms with van der Waals surface area (Å²) in [5.74, 6) is 0. The Kier molecular flexibility index (Phi) is 6.58. The Morgan fingerprint density at radius 1 is 1.14 bits per heavy atom. The zero-order chi connectivity index (χ0) is 21.0. The molecule has 3 rings (SSSR count). The molecule has 0 bridgehead atoms. The number of rotatable bonds is 7. The summed E-state index contributed by atoms with van der Waals surface area (Å²) >= 11 is 6.00. The van der Waals surface area contributed by atoms with Crippen LogP contribution < -0.4 is 9.62 Å². The van der Waals surface area contributed by atoms with Crippen LogP contribution in [-0.4, -0.2) is 62.7 Å². The number of aliphatic hydroxyl groups excluding tert-OH is 1. The largest absolute Gasteiger partial charge is 0.395 e. The Bertz CT molecular complexity index is 993. The molecule has 1 heterocycles. The van der Waals surface area contributed by atoms with Gasteiger partial charge >= 0.3 is 0 Å². The maximum absolute atomic E-state index is 12.7. The standard InChI is InChI=1S/C18H21ClN4O5S/c19-15-3-1-2-4-16(15)20-29(27,28)14-5-6-17(18(13-14)23(25)26)22-9-7-21(8-10-22)11-12-24/h1-6,13,20,24H,7-12H2. The van der Waals surface area contributed by atoms with E-state index in [1.54, 1.807) is 18.2 Å². The third-order valence-corrected chi connectivity index (χ3v) is 6.39. The summed E-state index contributed by atoms with van der Waals surface area (Å²) in [5.41, 5.74) is 0.291. The first kappa shape index (κ1) is 21.3. The van der Waals surface area contributed by atoms with Gasteiger partial charge in [0.25, 0.3) is 15.7 Å². The number of sulfonamides is 1. The highest BCUT2D eigenvalue weighted by Gasteiger charge is 2.27. The van der Waals surface area contributed by atoms with E-state index < -0.39 is 14.9 Å². The molecular weight excluding hydrogens is 420 g/mol. The molecule has 0 aliphatic carbocycles. The van der Waals surface area contributed by atoms with Crippen molar-refractivity contribution in [3.8, 4) is 0 Å². The average molecular weight is 441 g/mol. The topological polar surface area (TPSA) is 116 Å². The van der Waals surface area contributed by atoms with Crippen LogP contribution in [0.4, 0.5) is 17.1 Å². The van der Waals surface area contributed by atoms with E-state index in [0.717, 1.165) is 6.07 Å². The summed E-state index contributed by atoms with van der Waals surface area (Å²) in [6, 6.07) is 10.2. The van der Waals surface area contributed by atoms with Crippen molar-refractivity contribution in [2.45, 2.75) is 4.90 Å². The number of nitro groups is 1. The molecule has 29 heavy (non-hydrogen) atoms. The monoisotopic (exact) mass is 440 g/mol. The number of hydrogen-bond donors (Lipinski definition) is 2. The molecule has 1 saturated heterocycles.